The summed E-state index contributed by atoms with van der Waals surface area (Å²) in [6.45, 7) is 4.16. The van der Waals surface area contributed by atoms with Crippen LogP contribution in [0.25, 0.3) is 0 Å². The highest BCUT2D eigenvalue weighted by molar-refractivity contribution is 5.81. The molecule has 0 aliphatic heterocycles. The summed E-state index contributed by atoms with van der Waals surface area (Å²) >= 11 is 0. The summed E-state index contributed by atoms with van der Waals surface area (Å²) in [6, 6.07) is 0. The summed E-state index contributed by atoms with van der Waals surface area (Å²) in [7, 11) is 0. The van der Waals surface area contributed by atoms with Crippen LogP contribution in [0, 0.1) is 5.92 Å². The Morgan fingerprint density at radius 1 is 1.43 bits per heavy atom. The topological polar surface area (TPSA) is 83.6 Å². The highest BCUT2D eigenvalue weighted by Gasteiger charge is 2.16. The molecule has 0 aromatic heterocycles. The van der Waals surface area contributed by atoms with Gasteiger partial charge in [0.05, 0.1) is 0 Å². The summed E-state index contributed by atoms with van der Waals surface area (Å²) in [4.78, 5) is 23.2. The first-order valence-corrected chi connectivity index (χ1v) is 4.67. The van der Waals surface area contributed by atoms with Crippen molar-refractivity contribution in [1.29, 1.82) is 0 Å². The van der Waals surface area contributed by atoms with Crippen LogP contribution in [0.15, 0.2) is 0 Å². The molecule has 0 rings (SSSR count). The van der Waals surface area contributed by atoms with Crippen LogP contribution in [0.2, 0.25) is 0 Å². The standard InChI is InChI=1S/C9H18N2O3/c1-7(2)5-8(12)11(4-3-10)6-9(13)14/h7H,3-6,10H2,1-2H3,(H,13,14). The van der Waals surface area contributed by atoms with Crippen LogP contribution in [0.3, 0.4) is 0 Å². The number of amides is 1. The molecule has 3 N–H and O–H groups in total. The SMILES string of the molecule is CC(C)CC(=O)N(CCN)CC(=O)O. The molecule has 0 spiro atoms. The maximum atomic E-state index is 11.5. The first-order valence-electron chi connectivity index (χ1n) is 4.67. The van der Waals surface area contributed by atoms with Crippen molar-refractivity contribution in [2.45, 2.75) is 20.3 Å². The van der Waals surface area contributed by atoms with Gasteiger partial charge >= 0.3 is 5.97 Å². The summed E-state index contributed by atoms with van der Waals surface area (Å²) < 4.78 is 0. The molecule has 1 amide bonds. The van der Waals surface area contributed by atoms with E-state index in [9.17, 15) is 9.59 Å². The molecule has 0 saturated carbocycles. The minimum atomic E-state index is -1.00. The van der Waals surface area contributed by atoms with E-state index in [1.807, 2.05) is 13.8 Å². The molecule has 0 atom stereocenters. The van der Waals surface area contributed by atoms with E-state index in [1.54, 1.807) is 0 Å². The van der Waals surface area contributed by atoms with Crippen LogP contribution in [-0.2, 0) is 9.59 Å². The Hall–Kier alpha value is -1.10. The quantitative estimate of drug-likeness (QED) is 0.630. The van der Waals surface area contributed by atoms with Crippen molar-refractivity contribution in [1.82, 2.24) is 4.90 Å². The van der Waals surface area contributed by atoms with E-state index in [1.165, 1.54) is 4.90 Å². The Balaban J connectivity index is 4.17. The van der Waals surface area contributed by atoms with E-state index in [4.69, 9.17) is 10.8 Å². The van der Waals surface area contributed by atoms with Gasteiger partial charge < -0.3 is 15.7 Å². The van der Waals surface area contributed by atoms with Gasteiger partial charge in [0.25, 0.3) is 0 Å². The number of hydrogen-bond donors (Lipinski definition) is 2. The van der Waals surface area contributed by atoms with E-state index >= 15 is 0 Å². The van der Waals surface area contributed by atoms with E-state index in [0.717, 1.165) is 0 Å². The van der Waals surface area contributed by atoms with Crippen molar-refractivity contribution in [3.05, 3.63) is 0 Å². The average Bonchev–Trinajstić information content (AvgIpc) is 2.01. The molecule has 82 valence electrons. The Kier molecular flexibility index (Phi) is 5.87. The number of carbonyl (C=O) groups excluding carboxylic acids is 1. The van der Waals surface area contributed by atoms with Crippen LogP contribution in [0.1, 0.15) is 20.3 Å². The van der Waals surface area contributed by atoms with Gasteiger partial charge in [-0.05, 0) is 5.92 Å². The summed E-state index contributed by atoms with van der Waals surface area (Å²) in [5.74, 6) is -0.917. The van der Waals surface area contributed by atoms with Gasteiger partial charge in [-0.3, -0.25) is 9.59 Å². The normalized spacial score (nSPS) is 10.3. The molecule has 0 bridgehead atoms. The van der Waals surface area contributed by atoms with Crippen LogP contribution in [-0.4, -0.2) is 41.5 Å². The molecule has 0 heterocycles. The molecule has 0 fully saturated rings. The second kappa shape index (κ2) is 6.37. The number of hydrogen-bond acceptors (Lipinski definition) is 3. The lowest BCUT2D eigenvalue weighted by Crippen LogP contribution is -2.39. The predicted octanol–water partition coefficient (Wildman–Crippen LogP) is -0.0956. The zero-order chi connectivity index (χ0) is 11.1. The van der Waals surface area contributed by atoms with Crippen LogP contribution in [0.5, 0.6) is 0 Å². The molecule has 0 unspecified atom stereocenters. The molecule has 0 aliphatic rings. The fourth-order valence-electron chi connectivity index (χ4n) is 1.09. The molecule has 0 aliphatic carbocycles. The lowest BCUT2D eigenvalue weighted by atomic mass is 10.1. The van der Waals surface area contributed by atoms with Gasteiger partial charge in [-0.25, -0.2) is 0 Å². The number of carboxylic acid groups (broad SMARTS) is 1. The van der Waals surface area contributed by atoms with Crippen LogP contribution in [0.4, 0.5) is 0 Å². The first kappa shape index (κ1) is 12.9. The summed E-state index contributed by atoms with van der Waals surface area (Å²) in [5.41, 5.74) is 5.29. The van der Waals surface area contributed by atoms with E-state index in [-0.39, 0.29) is 24.9 Å². The van der Waals surface area contributed by atoms with Crippen molar-refractivity contribution < 1.29 is 14.7 Å². The van der Waals surface area contributed by atoms with Crippen molar-refractivity contribution in [2.75, 3.05) is 19.6 Å². The molecule has 0 saturated heterocycles. The van der Waals surface area contributed by atoms with Crippen molar-refractivity contribution in [3.63, 3.8) is 0 Å². The van der Waals surface area contributed by atoms with Gasteiger partial charge in [0.1, 0.15) is 6.54 Å². The monoisotopic (exact) mass is 202 g/mol. The predicted molar refractivity (Wildman–Crippen MR) is 52.7 cm³/mol. The van der Waals surface area contributed by atoms with Crippen molar-refractivity contribution in [2.24, 2.45) is 11.7 Å². The van der Waals surface area contributed by atoms with Gasteiger partial charge in [-0.15, -0.1) is 0 Å². The number of nitrogens with two attached hydrogens (primary N) is 1. The van der Waals surface area contributed by atoms with Gasteiger partial charge in [-0.2, -0.15) is 0 Å². The van der Waals surface area contributed by atoms with E-state index in [0.29, 0.717) is 13.0 Å². The van der Waals surface area contributed by atoms with E-state index in [2.05, 4.69) is 0 Å². The fraction of sp³-hybridized carbons (Fsp3) is 0.778. The maximum Gasteiger partial charge on any atom is 0.323 e. The zero-order valence-electron chi connectivity index (χ0n) is 8.69. The maximum absolute atomic E-state index is 11.5. The molecule has 0 aromatic rings. The third-order valence-electron chi connectivity index (χ3n) is 1.66. The fourth-order valence-corrected chi connectivity index (χ4v) is 1.09. The number of aliphatic carboxylic acids is 1. The second-order valence-corrected chi connectivity index (χ2v) is 3.60. The molecule has 5 heteroatoms. The Bertz CT molecular complexity index is 204. The van der Waals surface area contributed by atoms with Gasteiger partial charge in [0.2, 0.25) is 5.91 Å². The van der Waals surface area contributed by atoms with E-state index < -0.39 is 5.97 Å². The third kappa shape index (κ3) is 5.53. The number of carbonyl (C=O) groups is 2. The molecule has 14 heavy (non-hydrogen) atoms. The van der Waals surface area contributed by atoms with Gasteiger partial charge in [0.15, 0.2) is 0 Å². The van der Waals surface area contributed by atoms with Crippen LogP contribution < -0.4 is 5.73 Å². The number of carboxylic acids is 1. The molecular weight excluding hydrogens is 184 g/mol. The Morgan fingerprint density at radius 2 is 2.00 bits per heavy atom. The Morgan fingerprint density at radius 3 is 2.36 bits per heavy atom. The van der Waals surface area contributed by atoms with Crippen molar-refractivity contribution in [3.8, 4) is 0 Å². The molecule has 0 radical (unpaired) electrons. The third-order valence-corrected chi connectivity index (χ3v) is 1.66. The molecule has 0 aromatic carbocycles. The van der Waals surface area contributed by atoms with Gasteiger partial charge in [-0.1, -0.05) is 13.8 Å². The second-order valence-electron chi connectivity index (χ2n) is 3.60. The van der Waals surface area contributed by atoms with Crippen LogP contribution >= 0.6 is 0 Å². The summed E-state index contributed by atoms with van der Waals surface area (Å²) in [6.07, 6.45) is 0.368. The molecular formula is C9H18N2O3. The highest BCUT2D eigenvalue weighted by Crippen LogP contribution is 2.03. The lowest BCUT2D eigenvalue weighted by molar-refractivity contribution is -0.144. The highest BCUT2D eigenvalue weighted by atomic mass is 16.4. The minimum Gasteiger partial charge on any atom is -0.480 e. The Labute approximate surface area is 83.9 Å². The lowest BCUT2D eigenvalue weighted by Gasteiger charge is -2.20. The minimum absolute atomic E-state index is 0.146. The number of rotatable bonds is 6. The van der Waals surface area contributed by atoms with Gasteiger partial charge in [0, 0.05) is 19.5 Å². The smallest absolute Gasteiger partial charge is 0.323 e. The zero-order valence-corrected chi connectivity index (χ0v) is 8.69. The first-order chi connectivity index (χ1) is 6.47. The summed E-state index contributed by atoms with van der Waals surface area (Å²) in [5, 5.41) is 8.56. The van der Waals surface area contributed by atoms with Crippen molar-refractivity contribution >= 4 is 11.9 Å². The number of nitrogens with zero attached hydrogens (tertiary/aromatic N) is 1. The average molecular weight is 202 g/mol. The molecule has 5 nitrogen and oxygen atoms in total. The largest absolute Gasteiger partial charge is 0.480 e.